The van der Waals surface area contributed by atoms with Gasteiger partial charge in [-0.25, -0.2) is 10.1 Å². The van der Waals surface area contributed by atoms with Gasteiger partial charge in [0.25, 0.3) is 5.91 Å². The number of para-hydroxylation sites is 1. The molecule has 1 amide bonds. The van der Waals surface area contributed by atoms with E-state index in [4.69, 9.17) is 0 Å². The van der Waals surface area contributed by atoms with Crippen LogP contribution in [0.4, 0.5) is 5.69 Å². The van der Waals surface area contributed by atoms with Crippen LogP contribution in [0.2, 0.25) is 0 Å². The number of anilines is 1. The number of carbonyl (C=O) groups is 1. The van der Waals surface area contributed by atoms with Crippen molar-refractivity contribution in [2.24, 2.45) is 5.10 Å². The third-order valence-electron chi connectivity index (χ3n) is 5.77. The van der Waals surface area contributed by atoms with Crippen molar-refractivity contribution in [2.75, 3.05) is 18.0 Å². The fourth-order valence-corrected chi connectivity index (χ4v) is 3.99. The van der Waals surface area contributed by atoms with Crippen LogP contribution >= 0.6 is 0 Å². The standard InChI is InChI=1S/C26H29N7O/c1-5-32(6-2)21-14-12-20(13-15-21)17-27-30-26(34)24-16-23(28-29-24)25-18(3)31-33(19(25)4)22-10-8-7-9-11-22/h7-17H,5-6H2,1-4H3,(H,28,29)(H,30,34)/b27-17-. The van der Waals surface area contributed by atoms with Gasteiger partial charge in [-0.3, -0.25) is 9.89 Å². The summed E-state index contributed by atoms with van der Waals surface area (Å²) in [5.74, 6) is -0.361. The molecule has 0 unspecified atom stereocenters. The van der Waals surface area contributed by atoms with E-state index >= 15 is 0 Å². The van der Waals surface area contributed by atoms with Gasteiger partial charge >= 0.3 is 0 Å². The Morgan fingerprint density at radius 2 is 1.79 bits per heavy atom. The highest BCUT2D eigenvalue weighted by Crippen LogP contribution is 2.27. The zero-order valence-corrected chi connectivity index (χ0v) is 19.9. The monoisotopic (exact) mass is 455 g/mol. The fourth-order valence-electron chi connectivity index (χ4n) is 3.99. The largest absolute Gasteiger partial charge is 0.372 e. The van der Waals surface area contributed by atoms with E-state index in [1.165, 1.54) is 0 Å². The first-order chi connectivity index (χ1) is 16.5. The number of aromatic nitrogens is 4. The van der Waals surface area contributed by atoms with Gasteiger partial charge in [0.2, 0.25) is 0 Å². The molecule has 174 valence electrons. The molecule has 2 aromatic heterocycles. The van der Waals surface area contributed by atoms with Crippen LogP contribution in [-0.4, -0.2) is 45.2 Å². The molecule has 0 aliphatic carbocycles. The molecule has 0 aliphatic rings. The van der Waals surface area contributed by atoms with Gasteiger partial charge in [0, 0.05) is 24.3 Å². The Hall–Kier alpha value is -4.20. The number of nitrogens with one attached hydrogen (secondary N) is 2. The van der Waals surface area contributed by atoms with Gasteiger partial charge in [0.15, 0.2) is 0 Å². The van der Waals surface area contributed by atoms with Crippen molar-refractivity contribution in [1.29, 1.82) is 0 Å². The predicted molar refractivity (Wildman–Crippen MR) is 136 cm³/mol. The third kappa shape index (κ3) is 4.76. The maximum Gasteiger partial charge on any atom is 0.289 e. The SMILES string of the molecule is CCN(CC)c1ccc(/C=N\NC(=O)c2cc(-c3c(C)nn(-c4ccccc4)c3C)n[nH]2)cc1. The number of hydrogen-bond donors (Lipinski definition) is 2. The van der Waals surface area contributed by atoms with Crippen LogP contribution in [0, 0.1) is 13.8 Å². The number of hydrazone groups is 1. The molecule has 0 saturated carbocycles. The number of amides is 1. The quantitative estimate of drug-likeness (QED) is 0.303. The van der Waals surface area contributed by atoms with Gasteiger partial charge in [-0.15, -0.1) is 0 Å². The molecule has 8 nitrogen and oxygen atoms in total. The molecule has 4 rings (SSSR count). The van der Waals surface area contributed by atoms with Crippen LogP contribution in [0.5, 0.6) is 0 Å². The average molecular weight is 456 g/mol. The van der Waals surface area contributed by atoms with Gasteiger partial charge in [-0.05, 0) is 63.6 Å². The number of aryl methyl sites for hydroxylation is 1. The normalized spacial score (nSPS) is 11.2. The summed E-state index contributed by atoms with van der Waals surface area (Å²) >= 11 is 0. The number of H-pyrrole nitrogens is 1. The van der Waals surface area contributed by atoms with E-state index in [0.717, 1.165) is 47.0 Å². The van der Waals surface area contributed by atoms with Gasteiger partial charge in [-0.1, -0.05) is 30.3 Å². The molecule has 0 saturated heterocycles. The highest BCUT2D eigenvalue weighted by atomic mass is 16.2. The Bertz CT molecular complexity index is 1280. The van der Waals surface area contributed by atoms with Gasteiger partial charge in [0.1, 0.15) is 5.69 Å². The second-order valence-electron chi connectivity index (χ2n) is 7.92. The van der Waals surface area contributed by atoms with Crippen LogP contribution < -0.4 is 10.3 Å². The molecule has 2 heterocycles. The molecule has 0 bridgehead atoms. The number of benzene rings is 2. The molecule has 0 aliphatic heterocycles. The highest BCUT2D eigenvalue weighted by molar-refractivity contribution is 5.94. The lowest BCUT2D eigenvalue weighted by Gasteiger charge is -2.20. The summed E-state index contributed by atoms with van der Waals surface area (Å²) in [5.41, 5.74) is 9.29. The maximum absolute atomic E-state index is 12.6. The first-order valence-electron chi connectivity index (χ1n) is 11.4. The molecule has 0 atom stereocenters. The maximum atomic E-state index is 12.6. The van der Waals surface area contributed by atoms with Crippen molar-refractivity contribution < 1.29 is 4.79 Å². The van der Waals surface area contributed by atoms with E-state index in [-0.39, 0.29) is 5.91 Å². The number of nitrogens with zero attached hydrogens (tertiary/aromatic N) is 5. The van der Waals surface area contributed by atoms with E-state index in [9.17, 15) is 4.79 Å². The number of rotatable bonds is 8. The van der Waals surface area contributed by atoms with E-state index in [1.807, 2.05) is 61.0 Å². The summed E-state index contributed by atoms with van der Waals surface area (Å²) in [6, 6.07) is 19.7. The molecule has 4 aromatic rings. The molecule has 2 aromatic carbocycles. The van der Waals surface area contributed by atoms with Crippen molar-refractivity contribution in [2.45, 2.75) is 27.7 Å². The summed E-state index contributed by atoms with van der Waals surface area (Å²) in [6.45, 7) is 10.1. The molecule has 8 heteroatoms. The minimum atomic E-state index is -0.361. The second kappa shape index (κ2) is 10.2. The Kier molecular flexibility index (Phi) is 6.87. The summed E-state index contributed by atoms with van der Waals surface area (Å²) in [7, 11) is 0. The van der Waals surface area contributed by atoms with Crippen LogP contribution in [0.3, 0.4) is 0 Å². The van der Waals surface area contributed by atoms with Crippen molar-refractivity contribution in [3.8, 4) is 16.9 Å². The van der Waals surface area contributed by atoms with Crippen LogP contribution in [0.15, 0.2) is 65.8 Å². The second-order valence-corrected chi connectivity index (χ2v) is 7.92. The number of carbonyl (C=O) groups excluding carboxylic acids is 1. The van der Waals surface area contributed by atoms with Crippen molar-refractivity contribution in [1.82, 2.24) is 25.4 Å². The number of aromatic amines is 1. The average Bonchev–Trinajstić information content (AvgIpc) is 3.45. The van der Waals surface area contributed by atoms with Crippen LogP contribution in [0.25, 0.3) is 16.9 Å². The van der Waals surface area contributed by atoms with Crippen molar-refractivity contribution in [3.63, 3.8) is 0 Å². The lowest BCUT2D eigenvalue weighted by molar-refractivity contribution is 0.0950. The summed E-state index contributed by atoms with van der Waals surface area (Å²) < 4.78 is 1.88. The zero-order chi connectivity index (χ0) is 24.1. The molecule has 0 spiro atoms. The van der Waals surface area contributed by atoms with E-state index in [1.54, 1.807) is 12.3 Å². The molecule has 34 heavy (non-hydrogen) atoms. The van der Waals surface area contributed by atoms with E-state index < -0.39 is 0 Å². The molecule has 0 radical (unpaired) electrons. The lowest BCUT2D eigenvalue weighted by atomic mass is 10.1. The first kappa shape index (κ1) is 23.0. The first-order valence-corrected chi connectivity index (χ1v) is 11.4. The summed E-state index contributed by atoms with van der Waals surface area (Å²) in [5, 5.41) is 15.9. The Morgan fingerprint density at radius 3 is 2.47 bits per heavy atom. The number of hydrogen-bond acceptors (Lipinski definition) is 5. The van der Waals surface area contributed by atoms with Gasteiger partial charge in [-0.2, -0.15) is 15.3 Å². The predicted octanol–water partition coefficient (Wildman–Crippen LogP) is 4.49. The van der Waals surface area contributed by atoms with Gasteiger partial charge < -0.3 is 4.90 Å². The van der Waals surface area contributed by atoms with Gasteiger partial charge in [0.05, 0.1) is 29.0 Å². The molecule has 2 N–H and O–H groups in total. The Balaban J connectivity index is 1.45. The topological polar surface area (TPSA) is 91.2 Å². The van der Waals surface area contributed by atoms with Crippen LogP contribution in [-0.2, 0) is 0 Å². The third-order valence-corrected chi connectivity index (χ3v) is 5.77. The minimum Gasteiger partial charge on any atom is -0.372 e. The molecular weight excluding hydrogens is 426 g/mol. The lowest BCUT2D eigenvalue weighted by Crippen LogP contribution is -2.21. The van der Waals surface area contributed by atoms with E-state index in [2.05, 4.69) is 56.7 Å². The van der Waals surface area contributed by atoms with Crippen molar-refractivity contribution in [3.05, 3.63) is 83.3 Å². The smallest absolute Gasteiger partial charge is 0.289 e. The Morgan fingerprint density at radius 1 is 1.09 bits per heavy atom. The Labute approximate surface area is 199 Å². The summed E-state index contributed by atoms with van der Waals surface area (Å²) in [4.78, 5) is 14.8. The van der Waals surface area contributed by atoms with Crippen molar-refractivity contribution >= 4 is 17.8 Å². The molecular formula is C26H29N7O. The fraction of sp³-hybridized carbons (Fsp3) is 0.231. The zero-order valence-electron chi connectivity index (χ0n) is 19.9. The minimum absolute atomic E-state index is 0.329. The highest BCUT2D eigenvalue weighted by Gasteiger charge is 2.18. The van der Waals surface area contributed by atoms with Crippen LogP contribution in [0.1, 0.15) is 41.3 Å². The summed E-state index contributed by atoms with van der Waals surface area (Å²) in [6.07, 6.45) is 1.62. The van der Waals surface area contributed by atoms with E-state index in [0.29, 0.717) is 11.4 Å². The molecule has 0 fully saturated rings.